The van der Waals surface area contributed by atoms with Gasteiger partial charge in [-0.1, -0.05) is 6.07 Å². The molecule has 0 radical (unpaired) electrons. The van der Waals surface area contributed by atoms with E-state index in [0.29, 0.717) is 25.2 Å². The Morgan fingerprint density at radius 2 is 2.21 bits per heavy atom. The molecule has 2 atom stereocenters. The molecule has 3 heterocycles. The molecule has 126 valence electrons. The largest absolute Gasteiger partial charge is 0.369 e. The van der Waals surface area contributed by atoms with Crippen LogP contribution in [0.3, 0.4) is 0 Å². The molecule has 0 bridgehead atoms. The van der Waals surface area contributed by atoms with Crippen LogP contribution in [0.5, 0.6) is 0 Å². The maximum Gasteiger partial charge on any atom is 0.274 e. The third kappa shape index (κ3) is 2.51. The second-order valence-corrected chi connectivity index (χ2v) is 6.65. The van der Waals surface area contributed by atoms with E-state index in [1.807, 2.05) is 19.9 Å². The molecule has 5 nitrogen and oxygen atoms in total. The molecule has 0 spiro atoms. The zero-order valence-electron chi connectivity index (χ0n) is 13.8. The van der Waals surface area contributed by atoms with E-state index in [4.69, 9.17) is 4.74 Å². The molecule has 2 aliphatic rings. The SMILES string of the molecule is C[C@@H]1Cc2c(C(=O)N3CCc4ccc(F)cc4C3)n[nH]c2[C@H](C)O1. The fourth-order valence-corrected chi connectivity index (χ4v) is 3.70. The number of aromatic nitrogens is 2. The van der Waals surface area contributed by atoms with Gasteiger partial charge >= 0.3 is 0 Å². The van der Waals surface area contributed by atoms with Crippen LogP contribution >= 0.6 is 0 Å². The minimum Gasteiger partial charge on any atom is -0.369 e. The Balaban J connectivity index is 1.62. The first-order valence-corrected chi connectivity index (χ1v) is 8.32. The molecule has 1 N–H and O–H groups in total. The van der Waals surface area contributed by atoms with E-state index in [9.17, 15) is 9.18 Å². The van der Waals surface area contributed by atoms with Gasteiger partial charge in [-0.05, 0) is 43.5 Å². The zero-order chi connectivity index (χ0) is 16.8. The lowest BCUT2D eigenvalue weighted by atomic mass is 9.97. The van der Waals surface area contributed by atoms with Gasteiger partial charge in [0.2, 0.25) is 0 Å². The van der Waals surface area contributed by atoms with Crippen LogP contribution in [-0.4, -0.2) is 33.7 Å². The third-order valence-corrected chi connectivity index (χ3v) is 4.90. The molecule has 0 saturated carbocycles. The van der Waals surface area contributed by atoms with Gasteiger partial charge in [0, 0.05) is 25.1 Å². The number of benzene rings is 1. The van der Waals surface area contributed by atoms with Crippen molar-refractivity contribution in [2.45, 2.75) is 45.4 Å². The molecular weight excluding hydrogens is 309 g/mol. The normalized spacial score (nSPS) is 22.9. The summed E-state index contributed by atoms with van der Waals surface area (Å²) < 4.78 is 19.2. The maximum absolute atomic E-state index is 13.5. The topological polar surface area (TPSA) is 58.2 Å². The molecule has 0 aliphatic carbocycles. The first-order chi connectivity index (χ1) is 11.5. The van der Waals surface area contributed by atoms with Crippen molar-refractivity contribution in [2.24, 2.45) is 0 Å². The first-order valence-electron chi connectivity index (χ1n) is 8.32. The average Bonchev–Trinajstić information content (AvgIpc) is 2.97. The molecule has 6 heteroatoms. The smallest absolute Gasteiger partial charge is 0.274 e. The van der Waals surface area contributed by atoms with Crippen molar-refractivity contribution in [2.75, 3.05) is 6.54 Å². The van der Waals surface area contributed by atoms with Gasteiger partial charge in [-0.25, -0.2) is 4.39 Å². The van der Waals surface area contributed by atoms with E-state index in [1.165, 1.54) is 12.1 Å². The van der Waals surface area contributed by atoms with E-state index in [0.717, 1.165) is 28.8 Å². The standard InChI is InChI=1S/C18H20FN3O2/c1-10-7-15-16(11(2)24-10)20-21-17(15)18(23)22-6-5-12-3-4-14(19)8-13(12)9-22/h3-4,8,10-11H,5-7,9H2,1-2H3,(H,20,21)/t10-,11+/m1/s1. The Kier molecular flexibility index (Phi) is 3.64. The van der Waals surface area contributed by atoms with Crippen molar-refractivity contribution in [3.8, 4) is 0 Å². The van der Waals surface area contributed by atoms with Gasteiger partial charge in [0.15, 0.2) is 5.69 Å². The summed E-state index contributed by atoms with van der Waals surface area (Å²) in [6, 6.07) is 4.81. The molecule has 2 aliphatic heterocycles. The summed E-state index contributed by atoms with van der Waals surface area (Å²) >= 11 is 0. The number of carbonyl (C=O) groups is 1. The maximum atomic E-state index is 13.5. The highest BCUT2D eigenvalue weighted by Gasteiger charge is 2.32. The molecule has 4 rings (SSSR count). The minimum atomic E-state index is -0.264. The lowest BCUT2D eigenvalue weighted by Crippen LogP contribution is -2.37. The number of fused-ring (bicyclic) bond motifs is 2. The summed E-state index contributed by atoms with van der Waals surface area (Å²) in [7, 11) is 0. The monoisotopic (exact) mass is 329 g/mol. The van der Waals surface area contributed by atoms with Crippen molar-refractivity contribution in [3.63, 3.8) is 0 Å². The Morgan fingerprint density at radius 1 is 1.38 bits per heavy atom. The number of halogens is 1. The molecule has 1 aromatic carbocycles. The number of rotatable bonds is 1. The summed E-state index contributed by atoms with van der Waals surface area (Å²) in [5.41, 5.74) is 4.31. The number of nitrogens with one attached hydrogen (secondary N) is 1. The second-order valence-electron chi connectivity index (χ2n) is 6.65. The predicted molar refractivity (Wildman–Crippen MR) is 86.1 cm³/mol. The molecule has 1 aromatic heterocycles. The summed E-state index contributed by atoms with van der Waals surface area (Å²) in [5, 5.41) is 7.22. The molecule has 2 aromatic rings. The third-order valence-electron chi connectivity index (χ3n) is 4.90. The van der Waals surface area contributed by atoms with Crippen molar-refractivity contribution in [1.29, 1.82) is 0 Å². The number of hydrogen-bond donors (Lipinski definition) is 1. The van der Waals surface area contributed by atoms with Crippen LogP contribution in [0.1, 0.15) is 52.8 Å². The van der Waals surface area contributed by atoms with Crippen LogP contribution in [0.2, 0.25) is 0 Å². The quantitative estimate of drug-likeness (QED) is 0.875. The predicted octanol–water partition coefficient (Wildman–Crippen LogP) is 2.77. The lowest BCUT2D eigenvalue weighted by molar-refractivity contribution is -0.00702. The first kappa shape index (κ1) is 15.3. The summed E-state index contributed by atoms with van der Waals surface area (Å²) in [5.74, 6) is -0.358. The van der Waals surface area contributed by atoms with Crippen LogP contribution in [0.15, 0.2) is 18.2 Å². The highest BCUT2D eigenvalue weighted by atomic mass is 19.1. The Hall–Kier alpha value is -2.21. The van der Waals surface area contributed by atoms with Crippen LogP contribution in [0, 0.1) is 5.82 Å². The minimum absolute atomic E-state index is 0.0628. The number of carbonyl (C=O) groups excluding carboxylic acids is 1. The van der Waals surface area contributed by atoms with Gasteiger partial charge < -0.3 is 9.64 Å². The van der Waals surface area contributed by atoms with Gasteiger partial charge in [0.25, 0.3) is 5.91 Å². The fourth-order valence-electron chi connectivity index (χ4n) is 3.70. The van der Waals surface area contributed by atoms with E-state index < -0.39 is 0 Å². The van der Waals surface area contributed by atoms with Gasteiger partial charge in [0.1, 0.15) is 5.82 Å². The Bertz CT molecular complexity index is 802. The number of H-pyrrole nitrogens is 1. The van der Waals surface area contributed by atoms with Crippen molar-refractivity contribution in [3.05, 3.63) is 52.1 Å². The lowest BCUT2D eigenvalue weighted by Gasteiger charge is -2.29. The van der Waals surface area contributed by atoms with Crippen LogP contribution in [0.4, 0.5) is 4.39 Å². The summed E-state index contributed by atoms with van der Waals surface area (Å²) in [4.78, 5) is 14.7. The number of ether oxygens (including phenoxy) is 1. The van der Waals surface area contributed by atoms with E-state index in [2.05, 4.69) is 10.2 Å². The van der Waals surface area contributed by atoms with Gasteiger partial charge in [-0.2, -0.15) is 5.10 Å². The van der Waals surface area contributed by atoms with Crippen molar-refractivity contribution >= 4 is 5.91 Å². The van der Waals surface area contributed by atoms with Crippen LogP contribution in [-0.2, 0) is 24.1 Å². The van der Waals surface area contributed by atoms with E-state index >= 15 is 0 Å². The van der Waals surface area contributed by atoms with E-state index in [-0.39, 0.29) is 23.9 Å². The van der Waals surface area contributed by atoms with Crippen LogP contribution in [0.25, 0.3) is 0 Å². The molecule has 0 unspecified atom stereocenters. The van der Waals surface area contributed by atoms with Crippen molar-refractivity contribution in [1.82, 2.24) is 15.1 Å². The Morgan fingerprint density at radius 3 is 3.04 bits per heavy atom. The number of aromatic amines is 1. The Labute approximate surface area is 139 Å². The van der Waals surface area contributed by atoms with Gasteiger partial charge in [-0.15, -0.1) is 0 Å². The molecule has 24 heavy (non-hydrogen) atoms. The van der Waals surface area contributed by atoms with Gasteiger partial charge in [-0.3, -0.25) is 9.89 Å². The molecule has 0 saturated heterocycles. The molecular formula is C18H20FN3O2. The van der Waals surface area contributed by atoms with E-state index in [1.54, 1.807) is 4.90 Å². The number of hydrogen-bond acceptors (Lipinski definition) is 3. The second kappa shape index (κ2) is 5.70. The zero-order valence-corrected chi connectivity index (χ0v) is 13.8. The summed E-state index contributed by atoms with van der Waals surface area (Å²) in [6.07, 6.45) is 1.39. The highest BCUT2D eigenvalue weighted by Crippen LogP contribution is 2.31. The van der Waals surface area contributed by atoms with Crippen LogP contribution < -0.4 is 0 Å². The molecule has 0 fully saturated rings. The summed E-state index contributed by atoms with van der Waals surface area (Å²) in [6.45, 7) is 5.01. The molecule has 1 amide bonds. The average molecular weight is 329 g/mol. The van der Waals surface area contributed by atoms with Crippen molar-refractivity contribution < 1.29 is 13.9 Å². The number of nitrogens with zero attached hydrogens (tertiary/aromatic N) is 2. The fraction of sp³-hybridized carbons (Fsp3) is 0.444. The van der Waals surface area contributed by atoms with Gasteiger partial charge in [0.05, 0.1) is 17.9 Å². The number of amides is 1. The highest BCUT2D eigenvalue weighted by molar-refractivity contribution is 5.94.